The second kappa shape index (κ2) is 8.32. The van der Waals surface area contributed by atoms with Crippen molar-refractivity contribution < 1.29 is 0 Å². The number of thiazole rings is 1. The third-order valence-electron chi connectivity index (χ3n) is 3.39. The maximum absolute atomic E-state index is 6.23. The molecule has 1 aromatic heterocycles. The molecule has 0 unspecified atom stereocenters. The SMILES string of the molecule is CCN=c1scc(-c2ccc(Br)cc2)n1N=Cc1ccc(Cl)cc1Cl. The highest BCUT2D eigenvalue weighted by molar-refractivity contribution is 9.10. The van der Waals surface area contributed by atoms with E-state index in [2.05, 4.69) is 31.4 Å². The van der Waals surface area contributed by atoms with E-state index in [9.17, 15) is 0 Å². The molecule has 0 amide bonds. The van der Waals surface area contributed by atoms with E-state index < -0.39 is 0 Å². The molecule has 0 bridgehead atoms. The smallest absolute Gasteiger partial charge is 0.206 e. The lowest BCUT2D eigenvalue weighted by atomic mass is 10.2. The van der Waals surface area contributed by atoms with Crippen molar-refractivity contribution in [2.45, 2.75) is 6.92 Å². The van der Waals surface area contributed by atoms with Crippen LogP contribution in [-0.4, -0.2) is 17.4 Å². The van der Waals surface area contributed by atoms with Gasteiger partial charge in [-0.3, -0.25) is 4.99 Å². The fraction of sp³-hybridized carbons (Fsp3) is 0.111. The van der Waals surface area contributed by atoms with Crippen LogP contribution in [-0.2, 0) is 0 Å². The van der Waals surface area contributed by atoms with E-state index in [0.29, 0.717) is 16.6 Å². The van der Waals surface area contributed by atoms with Gasteiger partial charge in [-0.05, 0) is 31.2 Å². The summed E-state index contributed by atoms with van der Waals surface area (Å²) in [6, 6.07) is 13.4. The minimum Gasteiger partial charge on any atom is -0.258 e. The van der Waals surface area contributed by atoms with Crippen molar-refractivity contribution in [2.24, 2.45) is 10.1 Å². The summed E-state index contributed by atoms with van der Waals surface area (Å²) in [5.74, 6) is 0. The van der Waals surface area contributed by atoms with E-state index in [1.54, 1.807) is 29.7 Å². The summed E-state index contributed by atoms with van der Waals surface area (Å²) in [7, 11) is 0. The number of nitrogens with zero attached hydrogens (tertiary/aromatic N) is 3. The van der Waals surface area contributed by atoms with Crippen molar-refractivity contribution >= 4 is 56.7 Å². The lowest BCUT2D eigenvalue weighted by molar-refractivity contribution is 0.833. The van der Waals surface area contributed by atoms with Crippen LogP contribution in [0.2, 0.25) is 10.0 Å². The molecule has 1 heterocycles. The Bertz CT molecular complexity index is 975. The molecule has 0 radical (unpaired) electrons. The predicted molar refractivity (Wildman–Crippen MR) is 111 cm³/mol. The highest BCUT2D eigenvalue weighted by atomic mass is 79.9. The number of halogens is 3. The highest BCUT2D eigenvalue weighted by Gasteiger charge is 2.07. The summed E-state index contributed by atoms with van der Waals surface area (Å²) in [4.78, 5) is 5.36. The minimum absolute atomic E-state index is 0.561. The van der Waals surface area contributed by atoms with Gasteiger partial charge in [-0.15, -0.1) is 11.3 Å². The first-order chi connectivity index (χ1) is 12.1. The molecule has 7 heteroatoms. The van der Waals surface area contributed by atoms with Crippen LogP contribution in [0.3, 0.4) is 0 Å². The van der Waals surface area contributed by atoms with Crippen molar-refractivity contribution in [2.75, 3.05) is 6.54 Å². The summed E-state index contributed by atoms with van der Waals surface area (Å²) in [6.45, 7) is 2.70. The average Bonchev–Trinajstić information content (AvgIpc) is 2.98. The molecule has 3 nitrogen and oxygen atoms in total. The van der Waals surface area contributed by atoms with Crippen LogP contribution in [0.5, 0.6) is 0 Å². The molecule has 0 aliphatic heterocycles. The lowest BCUT2D eigenvalue weighted by Crippen LogP contribution is -2.12. The van der Waals surface area contributed by atoms with Crippen LogP contribution in [0.25, 0.3) is 11.3 Å². The molecule has 0 spiro atoms. The number of hydrogen-bond acceptors (Lipinski definition) is 3. The van der Waals surface area contributed by atoms with Crippen molar-refractivity contribution in [3.05, 3.63) is 72.7 Å². The molecule has 3 aromatic rings. The van der Waals surface area contributed by atoms with Gasteiger partial charge >= 0.3 is 0 Å². The molecule has 2 aromatic carbocycles. The van der Waals surface area contributed by atoms with E-state index >= 15 is 0 Å². The molecular weight excluding hydrogens is 441 g/mol. The van der Waals surface area contributed by atoms with Crippen LogP contribution in [0.15, 0.2) is 62.4 Å². The van der Waals surface area contributed by atoms with Gasteiger partial charge in [0.05, 0.1) is 16.9 Å². The first-order valence-electron chi connectivity index (χ1n) is 7.55. The van der Waals surface area contributed by atoms with Crippen LogP contribution in [0.4, 0.5) is 0 Å². The van der Waals surface area contributed by atoms with Crippen LogP contribution >= 0.6 is 50.5 Å². The van der Waals surface area contributed by atoms with Gasteiger partial charge in [0.1, 0.15) is 0 Å². The molecule has 0 saturated carbocycles. The van der Waals surface area contributed by atoms with E-state index in [1.807, 2.05) is 41.9 Å². The fourth-order valence-corrected chi connectivity index (χ4v) is 3.82. The molecule has 0 aliphatic rings. The maximum Gasteiger partial charge on any atom is 0.206 e. The first-order valence-corrected chi connectivity index (χ1v) is 9.97. The Morgan fingerprint density at radius 1 is 1.16 bits per heavy atom. The van der Waals surface area contributed by atoms with Crippen molar-refractivity contribution in [3.8, 4) is 11.3 Å². The van der Waals surface area contributed by atoms with Gasteiger partial charge in [-0.1, -0.05) is 57.3 Å². The Morgan fingerprint density at radius 2 is 1.92 bits per heavy atom. The molecule has 0 atom stereocenters. The van der Waals surface area contributed by atoms with Gasteiger partial charge in [0.25, 0.3) is 0 Å². The van der Waals surface area contributed by atoms with E-state index in [4.69, 9.17) is 23.2 Å². The van der Waals surface area contributed by atoms with Gasteiger partial charge in [0.15, 0.2) is 0 Å². The quantitative estimate of drug-likeness (QED) is 0.427. The number of benzene rings is 2. The molecule has 0 fully saturated rings. The van der Waals surface area contributed by atoms with Gasteiger partial charge in [-0.2, -0.15) is 5.10 Å². The molecule has 0 aliphatic carbocycles. The van der Waals surface area contributed by atoms with Crippen molar-refractivity contribution in [1.29, 1.82) is 0 Å². The normalized spacial score (nSPS) is 12.2. The van der Waals surface area contributed by atoms with Crippen molar-refractivity contribution in [1.82, 2.24) is 4.68 Å². The monoisotopic (exact) mass is 453 g/mol. The maximum atomic E-state index is 6.23. The summed E-state index contributed by atoms with van der Waals surface area (Å²) < 4.78 is 2.87. The standard InChI is InChI=1S/C18H14BrCl2N3S/c1-2-22-18-24(23-10-13-5-8-15(20)9-16(13)21)17(11-25-18)12-3-6-14(19)7-4-12/h3-11H,2H2,1H3. The number of hydrogen-bond donors (Lipinski definition) is 0. The van der Waals surface area contributed by atoms with Crippen molar-refractivity contribution in [3.63, 3.8) is 0 Å². The Kier molecular flexibility index (Phi) is 6.12. The second-order valence-corrected chi connectivity index (χ2v) is 7.70. The molecule has 3 rings (SSSR count). The Labute approximate surface area is 168 Å². The third-order valence-corrected chi connectivity index (χ3v) is 5.34. The highest BCUT2D eigenvalue weighted by Crippen LogP contribution is 2.23. The average molecular weight is 455 g/mol. The molecule has 0 N–H and O–H groups in total. The number of aromatic nitrogens is 1. The van der Waals surface area contributed by atoms with Crippen LogP contribution in [0.1, 0.15) is 12.5 Å². The van der Waals surface area contributed by atoms with E-state index in [-0.39, 0.29) is 0 Å². The Morgan fingerprint density at radius 3 is 2.60 bits per heavy atom. The van der Waals surface area contributed by atoms with E-state index in [1.165, 1.54) is 0 Å². The zero-order chi connectivity index (χ0) is 17.8. The van der Waals surface area contributed by atoms with Gasteiger partial charge in [0.2, 0.25) is 4.80 Å². The first kappa shape index (κ1) is 18.4. The number of rotatable bonds is 4. The van der Waals surface area contributed by atoms with Gasteiger partial charge < -0.3 is 0 Å². The van der Waals surface area contributed by atoms with E-state index in [0.717, 1.165) is 26.1 Å². The Balaban J connectivity index is 2.07. The largest absolute Gasteiger partial charge is 0.258 e. The molecule has 0 saturated heterocycles. The topological polar surface area (TPSA) is 29.6 Å². The molecule has 25 heavy (non-hydrogen) atoms. The predicted octanol–water partition coefficient (Wildman–Crippen LogP) is 6.09. The fourth-order valence-electron chi connectivity index (χ4n) is 2.20. The third kappa shape index (κ3) is 4.42. The zero-order valence-electron chi connectivity index (χ0n) is 13.3. The minimum atomic E-state index is 0.561. The van der Waals surface area contributed by atoms with Crippen LogP contribution in [0, 0.1) is 0 Å². The summed E-state index contributed by atoms with van der Waals surface area (Å²) >= 11 is 17.2. The van der Waals surface area contributed by atoms with Gasteiger partial charge in [-0.25, -0.2) is 4.68 Å². The van der Waals surface area contributed by atoms with Gasteiger partial charge in [0, 0.05) is 32.5 Å². The molecular formula is C18H14BrCl2N3S. The molecule has 128 valence electrons. The summed E-state index contributed by atoms with van der Waals surface area (Å²) in [5, 5.41) is 7.83. The van der Waals surface area contributed by atoms with Crippen LogP contribution < -0.4 is 4.80 Å². The summed E-state index contributed by atoms with van der Waals surface area (Å²) in [5.41, 5.74) is 2.84. The lowest BCUT2D eigenvalue weighted by Gasteiger charge is -2.04. The zero-order valence-corrected chi connectivity index (χ0v) is 17.2. The second-order valence-electron chi connectivity index (χ2n) is 5.11. The summed E-state index contributed by atoms with van der Waals surface area (Å²) in [6.07, 6.45) is 1.72. The Hall–Kier alpha value is -1.40.